The molecule has 0 bridgehead atoms. The van der Waals surface area contributed by atoms with Gasteiger partial charge in [0.15, 0.2) is 5.11 Å². The van der Waals surface area contributed by atoms with Gasteiger partial charge in [-0.25, -0.2) is 0 Å². The summed E-state index contributed by atoms with van der Waals surface area (Å²) >= 11 is 17.3. The number of nitrogens with one attached hydrogen (secondary N) is 2. The number of hydrogen-bond acceptors (Lipinski definition) is 5. The topological polar surface area (TPSA) is 97.4 Å². The van der Waals surface area contributed by atoms with Crippen LogP contribution in [0.5, 0.6) is 0 Å². The van der Waals surface area contributed by atoms with Crippen molar-refractivity contribution in [2.24, 2.45) is 0 Å². The summed E-state index contributed by atoms with van der Waals surface area (Å²) in [6.45, 7) is 0. The van der Waals surface area contributed by atoms with E-state index in [-0.39, 0.29) is 10.8 Å². The highest BCUT2D eigenvalue weighted by Crippen LogP contribution is 2.34. The van der Waals surface area contributed by atoms with Gasteiger partial charge in [0.2, 0.25) is 5.91 Å². The van der Waals surface area contributed by atoms with Gasteiger partial charge in [-0.05, 0) is 54.7 Å². The van der Waals surface area contributed by atoms with Gasteiger partial charge in [-0.1, -0.05) is 29.3 Å². The standard InChI is InChI=1S/C20H13Cl2N3O4S/c21-16-3-1-2-15(19(16)22)17-10-8-14(29-17)9-11-18(26)24-20(30)23-12-4-6-13(7-5-12)25(27)28/h1-11H,(H2,23,24,26,30). The molecule has 0 radical (unpaired) electrons. The Morgan fingerprint density at radius 1 is 1.10 bits per heavy atom. The van der Waals surface area contributed by atoms with E-state index in [4.69, 9.17) is 39.8 Å². The summed E-state index contributed by atoms with van der Waals surface area (Å²) < 4.78 is 5.67. The van der Waals surface area contributed by atoms with E-state index in [0.29, 0.717) is 32.8 Å². The molecule has 0 saturated carbocycles. The van der Waals surface area contributed by atoms with Gasteiger partial charge in [0, 0.05) is 29.5 Å². The normalized spacial score (nSPS) is 10.7. The predicted octanol–water partition coefficient (Wildman–Crippen LogP) is 5.69. The molecule has 1 heterocycles. The molecule has 0 spiro atoms. The molecule has 0 saturated heterocycles. The maximum absolute atomic E-state index is 12.0. The molecule has 7 nitrogen and oxygen atoms in total. The molecule has 0 unspecified atom stereocenters. The molecule has 10 heteroatoms. The SMILES string of the molecule is O=C(C=Cc1ccc(-c2cccc(Cl)c2Cl)o1)NC(=S)Nc1ccc([N+](=O)[O-])cc1. The predicted molar refractivity (Wildman–Crippen MR) is 121 cm³/mol. The number of thiocarbonyl (C=S) groups is 1. The number of halogens is 2. The fourth-order valence-electron chi connectivity index (χ4n) is 2.42. The molecular weight excluding hydrogens is 449 g/mol. The highest BCUT2D eigenvalue weighted by Gasteiger charge is 2.10. The molecule has 1 amide bonds. The van der Waals surface area contributed by atoms with Gasteiger partial charge in [-0.15, -0.1) is 0 Å². The maximum Gasteiger partial charge on any atom is 0.269 e. The lowest BCUT2D eigenvalue weighted by atomic mass is 10.2. The van der Waals surface area contributed by atoms with Crippen molar-refractivity contribution in [1.82, 2.24) is 5.32 Å². The summed E-state index contributed by atoms with van der Waals surface area (Å²) in [4.78, 5) is 22.2. The Morgan fingerprint density at radius 2 is 1.83 bits per heavy atom. The summed E-state index contributed by atoms with van der Waals surface area (Å²) in [6.07, 6.45) is 2.73. The molecule has 3 rings (SSSR count). The van der Waals surface area contributed by atoms with Gasteiger partial charge in [-0.2, -0.15) is 0 Å². The number of furan rings is 1. The largest absolute Gasteiger partial charge is 0.457 e. The molecule has 1 aromatic heterocycles. The Hall–Kier alpha value is -3.20. The molecule has 0 aliphatic carbocycles. The van der Waals surface area contributed by atoms with Crippen LogP contribution in [0.15, 0.2) is 65.1 Å². The summed E-state index contributed by atoms with van der Waals surface area (Å²) in [6, 6.07) is 14.2. The number of nitro benzene ring substituents is 1. The molecule has 152 valence electrons. The van der Waals surface area contributed by atoms with Crippen molar-refractivity contribution in [3.8, 4) is 11.3 Å². The zero-order valence-corrected chi connectivity index (χ0v) is 17.4. The van der Waals surface area contributed by atoms with Crippen molar-refractivity contribution >= 4 is 63.9 Å². The lowest BCUT2D eigenvalue weighted by Crippen LogP contribution is -2.32. The number of carbonyl (C=O) groups excluding carboxylic acids is 1. The third kappa shape index (κ3) is 5.44. The number of hydrogen-bond donors (Lipinski definition) is 2. The van der Waals surface area contributed by atoms with Gasteiger partial charge < -0.3 is 9.73 Å². The minimum Gasteiger partial charge on any atom is -0.457 e. The van der Waals surface area contributed by atoms with E-state index in [9.17, 15) is 14.9 Å². The van der Waals surface area contributed by atoms with E-state index in [1.54, 1.807) is 30.3 Å². The quantitative estimate of drug-likeness (QED) is 0.219. The minimum absolute atomic E-state index is 0.0457. The first-order chi connectivity index (χ1) is 14.3. The van der Waals surface area contributed by atoms with Crippen LogP contribution in [-0.4, -0.2) is 15.9 Å². The molecule has 3 aromatic rings. The van der Waals surface area contributed by atoms with E-state index >= 15 is 0 Å². The van der Waals surface area contributed by atoms with Gasteiger partial charge in [0.25, 0.3) is 5.69 Å². The van der Waals surface area contributed by atoms with Crippen LogP contribution in [0.3, 0.4) is 0 Å². The number of non-ortho nitro benzene ring substituents is 1. The summed E-state index contributed by atoms with van der Waals surface area (Å²) in [5, 5.41) is 16.7. The van der Waals surface area contributed by atoms with E-state index in [1.165, 1.54) is 36.4 Å². The lowest BCUT2D eigenvalue weighted by Gasteiger charge is -2.07. The Bertz CT molecular complexity index is 1140. The van der Waals surface area contributed by atoms with Crippen LogP contribution in [0.2, 0.25) is 10.0 Å². The van der Waals surface area contributed by atoms with Crippen LogP contribution >= 0.6 is 35.4 Å². The number of anilines is 1. The van der Waals surface area contributed by atoms with Crippen molar-refractivity contribution in [1.29, 1.82) is 0 Å². The highest BCUT2D eigenvalue weighted by molar-refractivity contribution is 7.80. The molecule has 2 N–H and O–H groups in total. The molecule has 2 aromatic carbocycles. The second-order valence-electron chi connectivity index (χ2n) is 5.88. The molecule has 0 aliphatic rings. The van der Waals surface area contributed by atoms with E-state index < -0.39 is 10.8 Å². The summed E-state index contributed by atoms with van der Waals surface area (Å²) in [7, 11) is 0. The minimum atomic E-state index is -0.505. The molecule has 0 aliphatic heterocycles. The number of amides is 1. The Balaban J connectivity index is 1.58. The first-order valence-electron chi connectivity index (χ1n) is 8.42. The average molecular weight is 462 g/mol. The van der Waals surface area contributed by atoms with Crippen LogP contribution in [0, 0.1) is 10.1 Å². The number of benzene rings is 2. The van der Waals surface area contributed by atoms with Crippen molar-refractivity contribution in [3.63, 3.8) is 0 Å². The van der Waals surface area contributed by atoms with E-state index in [2.05, 4.69) is 10.6 Å². The van der Waals surface area contributed by atoms with Crippen LogP contribution in [0.4, 0.5) is 11.4 Å². The van der Waals surface area contributed by atoms with Gasteiger partial charge >= 0.3 is 0 Å². The number of nitrogens with zero attached hydrogens (tertiary/aromatic N) is 1. The number of nitro groups is 1. The van der Waals surface area contributed by atoms with Gasteiger partial charge in [0.1, 0.15) is 11.5 Å². The zero-order valence-electron chi connectivity index (χ0n) is 15.1. The van der Waals surface area contributed by atoms with Crippen LogP contribution in [0.25, 0.3) is 17.4 Å². The van der Waals surface area contributed by atoms with Crippen LogP contribution in [-0.2, 0) is 4.79 Å². The first kappa shape index (κ1) is 21.5. The second kappa shape index (κ2) is 9.53. The van der Waals surface area contributed by atoms with E-state index in [1.807, 2.05) is 0 Å². The van der Waals surface area contributed by atoms with Crippen molar-refractivity contribution in [3.05, 3.63) is 86.6 Å². The Labute approximate surface area is 186 Å². The third-order valence-corrected chi connectivity index (χ3v) is 4.84. The van der Waals surface area contributed by atoms with E-state index in [0.717, 1.165) is 0 Å². The van der Waals surface area contributed by atoms with Gasteiger partial charge in [-0.3, -0.25) is 20.2 Å². The second-order valence-corrected chi connectivity index (χ2v) is 7.08. The van der Waals surface area contributed by atoms with Crippen molar-refractivity contribution in [2.75, 3.05) is 5.32 Å². The molecule has 30 heavy (non-hydrogen) atoms. The Morgan fingerprint density at radius 3 is 2.53 bits per heavy atom. The maximum atomic E-state index is 12.0. The van der Waals surface area contributed by atoms with Crippen LogP contribution < -0.4 is 10.6 Å². The van der Waals surface area contributed by atoms with Crippen molar-refractivity contribution in [2.45, 2.75) is 0 Å². The fourth-order valence-corrected chi connectivity index (χ4v) is 3.03. The molecule has 0 atom stereocenters. The van der Waals surface area contributed by atoms with Crippen LogP contribution in [0.1, 0.15) is 5.76 Å². The zero-order chi connectivity index (χ0) is 21.7. The fraction of sp³-hybridized carbons (Fsp3) is 0. The smallest absolute Gasteiger partial charge is 0.269 e. The molecule has 0 fully saturated rings. The summed E-state index contributed by atoms with van der Waals surface area (Å²) in [5.41, 5.74) is 1.10. The Kier molecular flexibility index (Phi) is 6.83. The number of rotatable bonds is 5. The average Bonchev–Trinajstić information content (AvgIpc) is 3.17. The molecular formula is C20H13Cl2N3O4S. The first-order valence-corrected chi connectivity index (χ1v) is 9.58. The lowest BCUT2D eigenvalue weighted by molar-refractivity contribution is -0.384. The monoisotopic (exact) mass is 461 g/mol. The highest BCUT2D eigenvalue weighted by atomic mass is 35.5. The van der Waals surface area contributed by atoms with Crippen molar-refractivity contribution < 1.29 is 14.1 Å². The number of carbonyl (C=O) groups is 1. The van der Waals surface area contributed by atoms with Gasteiger partial charge in [0.05, 0.1) is 15.0 Å². The summed E-state index contributed by atoms with van der Waals surface area (Å²) in [5.74, 6) is 0.469. The third-order valence-electron chi connectivity index (χ3n) is 3.82.